The Labute approximate surface area is 166 Å². The van der Waals surface area contributed by atoms with Gasteiger partial charge in [0.2, 0.25) is 11.8 Å². The van der Waals surface area contributed by atoms with E-state index in [-0.39, 0.29) is 36.6 Å². The summed E-state index contributed by atoms with van der Waals surface area (Å²) in [6, 6.07) is 11.5. The van der Waals surface area contributed by atoms with E-state index in [4.69, 9.17) is 0 Å². The summed E-state index contributed by atoms with van der Waals surface area (Å²) in [7, 11) is 0. The zero-order chi connectivity index (χ0) is 20.8. The number of amides is 2. The van der Waals surface area contributed by atoms with Crippen molar-refractivity contribution in [3.05, 3.63) is 70.5 Å². The first-order chi connectivity index (χ1) is 13.2. The fourth-order valence-corrected chi connectivity index (χ4v) is 3.05. The topological polar surface area (TPSA) is 49.4 Å². The maximum atomic E-state index is 14.2. The van der Waals surface area contributed by atoms with Crippen LogP contribution < -0.4 is 5.32 Å². The van der Waals surface area contributed by atoms with Gasteiger partial charge in [-0.25, -0.2) is 4.39 Å². The fraction of sp³-hybridized carbons (Fsp3) is 0.391. The largest absolute Gasteiger partial charge is 0.352 e. The van der Waals surface area contributed by atoms with Crippen molar-refractivity contribution in [1.82, 2.24) is 10.2 Å². The van der Waals surface area contributed by atoms with Crippen LogP contribution in [0.2, 0.25) is 0 Å². The molecule has 0 fully saturated rings. The molecule has 1 atom stereocenters. The number of halogens is 1. The highest BCUT2D eigenvalue weighted by Gasteiger charge is 2.27. The summed E-state index contributed by atoms with van der Waals surface area (Å²) in [5.41, 5.74) is 3.39. The van der Waals surface area contributed by atoms with Crippen LogP contribution in [0.15, 0.2) is 42.5 Å². The molecule has 2 amide bonds. The van der Waals surface area contributed by atoms with Gasteiger partial charge >= 0.3 is 0 Å². The van der Waals surface area contributed by atoms with E-state index in [0.29, 0.717) is 5.56 Å². The Morgan fingerprint density at radius 1 is 1.04 bits per heavy atom. The summed E-state index contributed by atoms with van der Waals surface area (Å²) in [4.78, 5) is 27.2. The molecule has 4 nitrogen and oxygen atoms in total. The van der Waals surface area contributed by atoms with E-state index in [2.05, 4.69) is 5.32 Å². The van der Waals surface area contributed by atoms with Crippen LogP contribution >= 0.6 is 0 Å². The lowest BCUT2D eigenvalue weighted by atomic mass is 10.0. The molecule has 0 aliphatic heterocycles. The van der Waals surface area contributed by atoms with E-state index in [1.807, 2.05) is 45.9 Å². The van der Waals surface area contributed by atoms with Gasteiger partial charge < -0.3 is 10.2 Å². The Kier molecular flexibility index (Phi) is 7.32. The maximum Gasteiger partial charge on any atom is 0.242 e. The molecule has 0 aromatic heterocycles. The summed E-state index contributed by atoms with van der Waals surface area (Å²) in [6.07, 6.45) is 0.168. The van der Waals surface area contributed by atoms with Gasteiger partial charge in [0.1, 0.15) is 11.9 Å². The SMILES string of the molecule is Cc1ccc(C)c(CC(=O)N(Cc2ccccc2F)[C@H](C)C(=O)NC(C)C)c1. The fourth-order valence-electron chi connectivity index (χ4n) is 3.05. The Bertz CT molecular complexity index is 848. The van der Waals surface area contributed by atoms with Gasteiger partial charge in [0.15, 0.2) is 0 Å². The molecule has 0 saturated heterocycles. The minimum Gasteiger partial charge on any atom is -0.352 e. The third kappa shape index (κ3) is 5.65. The van der Waals surface area contributed by atoms with E-state index in [9.17, 15) is 14.0 Å². The molecule has 1 N–H and O–H groups in total. The highest BCUT2D eigenvalue weighted by molar-refractivity contribution is 5.88. The van der Waals surface area contributed by atoms with Crippen molar-refractivity contribution in [2.75, 3.05) is 0 Å². The van der Waals surface area contributed by atoms with Gasteiger partial charge in [0.05, 0.1) is 6.42 Å². The van der Waals surface area contributed by atoms with E-state index in [0.717, 1.165) is 16.7 Å². The molecule has 0 saturated carbocycles. The molecular weight excluding hydrogens is 355 g/mol. The highest BCUT2D eigenvalue weighted by Crippen LogP contribution is 2.17. The molecule has 0 radical (unpaired) electrons. The number of carbonyl (C=O) groups excluding carboxylic acids is 2. The number of hydrogen-bond donors (Lipinski definition) is 1. The molecule has 150 valence electrons. The average molecular weight is 384 g/mol. The van der Waals surface area contributed by atoms with Crippen molar-refractivity contribution < 1.29 is 14.0 Å². The summed E-state index contributed by atoms with van der Waals surface area (Å²) in [5, 5.41) is 2.84. The van der Waals surface area contributed by atoms with Gasteiger partial charge in [-0.05, 0) is 51.8 Å². The third-order valence-corrected chi connectivity index (χ3v) is 4.74. The molecule has 5 heteroatoms. The van der Waals surface area contributed by atoms with Crippen LogP contribution in [0.4, 0.5) is 4.39 Å². The second-order valence-electron chi connectivity index (χ2n) is 7.56. The molecule has 2 aromatic carbocycles. The molecule has 28 heavy (non-hydrogen) atoms. The van der Waals surface area contributed by atoms with E-state index >= 15 is 0 Å². The lowest BCUT2D eigenvalue weighted by Gasteiger charge is -2.30. The van der Waals surface area contributed by atoms with E-state index < -0.39 is 6.04 Å². The predicted octanol–water partition coefficient (Wildman–Crippen LogP) is 3.93. The first kappa shape index (κ1) is 21.6. The van der Waals surface area contributed by atoms with Crippen LogP contribution in [0.5, 0.6) is 0 Å². The van der Waals surface area contributed by atoms with Crippen LogP contribution in [-0.4, -0.2) is 28.8 Å². The summed E-state index contributed by atoms with van der Waals surface area (Å²) >= 11 is 0. The molecule has 0 bridgehead atoms. The number of hydrogen-bond acceptors (Lipinski definition) is 2. The van der Waals surface area contributed by atoms with Gasteiger partial charge in [-0.3, -0.25) is 9.59 Å². The molecule has 0 aliphatic rings. The molecule has 0 unspecified atom stereocenters. The standard InChI is InChI=1S/C23H29FN2O2/c1-15(2)25-23(28)18(5)26(14-19-8-6-7-9-21(19)24)22(27)13-20-12-16(3)10-11-17(20)4/h6-12,15,18H,13-14H2,1-5H3,(H,25,28)/t18-/m1/s1. The minimum absolute atomic E-state index is 0.0422. The predicted molar refractivity (Wildman–Crippen MR) is 109 cm³/mol. The van der Waals surface area contributed by atoms with Crippen molar-refractivity contribution >= 4 is 11.8 Å². The first-order valence-electron chi connectivity index (χ1n) is 9.58. The second-order valence-corrected chi connectivity index (χ2v) is 7.56. The Morgan fingerprint density at radius 3 is 2.36 bits per heavy atom. The molecular formula is C23H29FN2O2. The number of benzene rings is 2. The van der Waals surface area contributed by atoms with Gasteiger partial charge in [0, 0.05) is 18.2 Å². The lowest BCUT2D eigenvalue weighted by molar-refractivity contribution is -0.140. The molecule has 2 rings (SSSR count). The quantitative estimate of drug-likeness (QED) is 0.786. The van der Waals surface area contributed by atoms with Crippen LogP contribution in [0.3, 0.4) is 0 Å². The Balaban J connectivity index is 2.30. The van der Waals surface area contributed by atoms with Crippen molar-refractivity contribution in [2.45, 2.75) is 59.7 Å². The number of aryl methyl sites for hydroxylation is 2. The van der Waals surface area contributed by atoms with Crippen molar-refractivity contribution in [2.24, 2.45) is 0 Å². The number of nitrogens with one attached hydrogen (secondary N) is 1. The second kappa shape index (κ2) is 9.49. The van der Waals surface area contributed by atoms with Crippen LogP contribution in [0.1, 0.15) is 43.0 Å². The van der Waals surface area contributed by atoms with Crippen LogP contribution in [0.25, 0.3) is 0 Å². The van der Waals surface area contributed by atoms with E-state index in [1.54, 1.807) is 25.1 Å². The van der Waals surface area contributed by atoms with Crippen molar-refractivity contribution in [3.63, 3.8) is 0 Å². The van der Waals surface area contributed by atoms with E-state index in [1.165, 1.54) is 11.0 Å². The normalized spacial score (nSPS) is 12.0. The van der Waals surface area contributed by atoms with Crippen LogP contribution in [-0.2, 0) is 22.6 Å². The summed E-state index contributed by atoms with van der Waals surface area (Å²) in [5.74, 6) is -0.840. The third-order valence-electron chi connectivity index (χ3n) is 4.74. The van der Waals surface area contributed by atoms with Crippen molar-refractivity contribution in [3.8, 4) is 0 Å². The van der Waals surface area contributed by atoms with Gasteiger partial charge in [-0.1, -0.05) is 42.0 Å². The Morgan fingerprint density at radius 2 is 1.71 bits per heavy atom. The summed E-state index contributed by atoms with van der Waals surface area (Å²) < 4.78 is 14.2. The zero-order valence-electron chi connectivity index (χ0n) is 17.3. The van der Waals surface area contributed by atoms with Gasteiger partial charge in [0.25, 0.3) is 0 Å². The number of rotatable bonds is 7. The molecule has 2 aromatic rings. The first-order valence-corrected chi connectivity index (χ1v) is 9.58. The molecule has 0 heterocycles. The Hall–Kier alpha value is -2.69. The minimum atomic E-state index is -0.709. The average Bonchev–Trinajstić information content (AvgIpc) is 2.62. The monoisotopic (exact) mass is 384 g/mol. The van der Waals surface area contributed by atoms with Gasteiger partial charge in [-0.15, -0.1) is 0 Å². The van der Waals surface area contributed by atoms with Crippen LogP contribution in [0, 0.1) is 19.7 Å². The maximum absolute atomic E-state index is 14.2. The smallest absolute Gasteiger partial charge is 0.242 e. The molecule has 0 aliphatic carbocycles. The lowest BCUT2D eigenvalue weighted by Crippen LogP contribution is -2.49. The number of carbonyl (C=O) groups is 2. The number of nitrogens with zero attached hydrogens (tertiary/aromatic N) is 1. The van der Waals surface area contributed by atoms with Crippen molar-refractivity contribution in [1.29, 1.82) is 0 Å². The van der Waals surface area contributed by atoms with Gasteiger partial charge in [-0.2, -0.15) is 0 Å². The summed E-state index contributed by atoms with van der Waals surface area (Å²) in [6.45, 7) is 9.39. The highest BCUT2D eigenvalue weighted by atomic mass is 19.1. The molecule has 0 spiro atoms. The zero-order valence-corrected chi connectivity index (χ0v) is 17.3.